The van der Waals surface area contributed by atoms with Crippen molar-refractivity contribution in [1.29, 1.82) is 0 Å². The molecule has 0 fully saturated rings. The number of hydrogen-bond acceptors (Lipinski definition) is 5. The van der Waals surface area contributed by atoms with Gasteiger partial charge < -0.3 is 20.5 Å². The molecule has 0 spiro atoms. The molecule has 0 unspecified atom stereocenters. The minimum Gasteiger partial charge on any atom is -0.505 e. The number of rotatable bonds is 6. The number of fused-ring (bicyclic) bond motifs is 2. The molecule has 5 N–H and O–H groups in total. The van der Waals surface area contributed by atoms with E-state index >= 15 is 0 Å². The molecule has 176 valence electrons. The minimum atomic E-state index is -1.02. The Kier molecular flexibility index (Phi) is 5.66. The number of H-pyrrole nitrogens is 2. The quantitative estimate of drug-likeness (QED) is 0.296. The highest BCUT2D eigenvalue weighted by atomic mass is 19.1. The first-order valence-corrected chi connectivity index (χ1v) is 11.2. The summed E-state index contributed by atoms with van der Waals surface area (Å²) in [4.78, 5) is 21.0. The summed E-state index contributed by atoms with van der Waals surface area (Å²) in [6, 6.07) is 8.63. The van der Waals surface area contributed by atoms with Crippen molar-refractivity contribution in [1.82, 2.24) is 30.4 Å². The van der Waals surface area contributed by atoms with E-state index in [0.29, 0.717) is 37.6 Å². The summed E-state index contributed by atoms with van der Waals surface area (Å²) in [5.74, 6) is -0.310. The fraction of sp³-hybridized carbons (Fsp3) is 0.292. The number of benzene rings is 2. The Morgan fingerprint density at radius 3 is 2.94 bits per heavy atom. The predicted octanol–water partition coefficient (Wildman–Crippen LogP) is 3.65. The van der Waals surface area contributed by atoms with Crippen LogP contribution < -0.4 is 5.32 Å². The molecule has 2 aromatic heterocycles. The van der Waals surface area contributed by atoms with E-state index in [1.807, 2.05) is 25.1 Å². The van der Waals surface area contributed by atoms with Gasteiger partial charge in [-0.1, -0.05) is 13.0 Å². The van der Waals surface area contributed by atoms with E-state index in [-0.39, 0.29) is 5.75 Å². The summed E-state index contributed by atoms with van der Waals surface area (Å²) in [7, 11) is 0. The van der Waals surface area contributed by atoms with Crippen LogP contribution in [0.4, 0.5) is 9.18 Å². The molecule has 9 nitrogen and oxygen atoms in total. The van der Waals surface area contributed by atoms with Crippen molar-refractivity contribution in [3.05, 3.63) is 53.1 Å². The van der Waals surface area contributed by atoms with Gasteiger partial charge in [-0.15, -0.1) is 0 Å². The summed E-state index contributed by atoms with van der Waals surface area (Å²) in [5.41, 5.74) is 5.96. The normalized spacial score (nSPS) is 13.8. The lowest BCUT2D eigenvalue weighted by molar-refractivity contribution is 0.189. The molecule has 0 saturated carbocycles. The Morgan fingerprint density at radius 2 is 2.15 bits per heavy atom. The van der Waals surface area contributed by atoms with Crippen molar-refractivity contribution >= 4 is 17.0 Å². The lowest BCUT2D eigenvalue weighted by Crippen LogP contribution is -2.37. The Morgan fingerprint density at radius 1 is 1.29 bits per heavy atom. The highest BCUT2D eigenvalue weighted by Gasteiger charge is 2.22. The Balaban J connectivity index is 1.41. The van der Waals surface area contributed by atoms with Gasteiger partial charge in [0.05, 0.1) is 16.9 Å². The van der Waals surface area contributed by atoms with Crippen LogP contribution >= 0.6 is 0 Å². The fourth-order valence-corrected chi connectivity index (χ4v) is 4.51. The number of phenols is 1. The molecule has 3 heterocycles. The van der Waals surface area contributed by atoms with Gasteiger partial charge in [0.15, 0.2) is 17.4 Å². The molecule has 0 radical (unpaired) electrons. The van der Waals surface area contributed by atoms with Crippen LogP contribution in [-0.4, -0.2) is 61.0 Å². The van der Waals surface area contributed by atoms with E-state index in [1.54, 1.807) is 0 Å². The number of aromatic amines is 2. The summed E-state index contributed by atoms with van der Waals surface area (Å²) in [6.07, 6.45) is 0.422. The highest BCUT2D eigenvalue weighted by Crippen LogP contribution is 2.34. The van der Waals surface area contributed by atoms with Crippen molar-refractivity contribution in [2.45, 2.75) is 26.3 Å². The number of aryl methyl sites for hydroxylation is 1. The first-order chi connectivity index (χ1) is 16.4. The van der Waals surface area contributed by atoms with Crippen LogP contribution in [0.3, 0.4) is 0 Å². The average Bonchev–Trinajstić information content (AvgIpc) is 3.43. The molecule has 34 heavy (non-hydrogen) atoms. The lowest BCUT2D eigenvalue weighted by atomic mass is 9.96. The van der Waals surface area contributed by atoms with Gasteiger partial charge in [-0.2, -0.15) is 5.10 Å². The molecule has 0 atom stereocenters. The van der Waals surface area contributed by atoms with E-state index in [0.717, 1.165) is 51.9 Å². The zero-order chi connectivity index (χ0) is 23.8. The average molecular weight is 465 g/mol. The third-order valence-corrected chi connectivity index (χ3v) is 6.27. The SMILES string of the molecule is CCc1cc(O)c(F)cc1-c1ccc2c(-c3nc4c([nH]3)CN(CCNC(=O)O)CC4)n[nH]c2c1. The van der Waals surface area contributed by atoms with Crippen molar-refractivity contribution in [2.75, 3.05) is 19.6 Å². The Hall–Kier alpha value is -3.92. The summed E-state index contributed by atoms with van der Waals surface area (Å²) < 4.78 is 14.0. The number of hydrogen-bond donors (Lipinski definition) is 5. The number of nitrogens with zero attached hydrogens (tertiary/aromatic N) is 3. The van der Waals surface area contributed by atoms with Crippen LogP contribution in [0.2, 0.25) is 0 Å². The predicted molar refractivity (Wildman–Crippen MR) is 125 cm³/mol. The summed E-state index contributed by atoms with van der Waals surface area (Å²) >= 11 is 0. The van der Waals surface area contributed by atoms with Crippen LogP contribution in [-0.2, 0) is 19.4 Å². The van der Waals surface area contributed by atoms with Crippen molar-refractivity contribution in [3.8, 4) is 28.4 Å². The van der Waals surface area contributed by atoms with Gasteiger partial charge in [0.25, 0.3) is 0 Å². The molecule has 0 aliphatic carbocycles. The highest BCUT2D eigenvalue weighted by molar-refractivity contribution is 5.94. The standard InChI is InChI=1S/C24H25FN6O3/c1-2-13-10-21(32)17(25)11-16(13)14-3-4-15-19(9-14)29-30-22(15)23-27-18-5-7-31(12-20(18)28-23)8-6-26-24(33)34/h3-4,9-11,26,32H,2,5-8,12H2,1H3,(H,27,28)(H,29,30)(H,33,34). The lowest BCUT2D eigenvalue weighted by Gasteiger charge is -2.25. The molecule has 10 heteroatoms. The number of aromatic nitrogens is 4. The minimum absolute atomic E-state index is 0.344. The van der Waals surface area contributed by atoms with Crippen molar-refractivity contribution < 1.29 is 19.4 Å². The number of halogens is 1. The summed E-state index contributed by atoms with van der Waals surface area (Å²) in [5, 5.41) is 29.3. The van der Waals surface area contributed by atoms with Gasteiger partial charge in [0.1, 0.15) is 5.69 Å². The second-order valence-electron chi connectivity index (χ2n) is 8.42. The van der Waals surface area contributed by atoms with Crippen molar-refractivity contribution in [2.24, 2.45) is 0 Å². The van der Waals surface area contributed by atoms with Crippen LogP contribution in [0, 0.1) is 5.82 Å². The molecule has 5 rings (SSSR count). The molecule has 0 saturated heterocycles. The smallest absolute Gasteiger partial charge is 0.404 e. The molecular weight excluding hydrogens is 439 g/mol. The molecular formula is C24H25FN6O3. The third kappa shape index (κ3) is 4.08. The number of carboxylic acid groups (broad SMARTS) is 1. The number of nitrogens with one attached hydrogen (secondary N) is 3. The fourth-order valence-electron chi connectivity index (χ4n) is 4.51. The second kappa shape index (κ2) is 8.79. The number of phenolic OH excluding ortho intramolecular Hbond substituents is 1. The zero-order valence-electron chi connectivity index (χ0n) is 18.7. The van der Waals surface area contributed by atoms with Gasteiger partial charge in [-0.05, 0) is 47.4 Å². The number of imidazole rings is 1. The van der Waals surface area contributed by atoms with Crippen LogP contribution in [0.15, 0.2) is 30.3 Å². The van der Waals surface area contributed by atoms with Gasteiger partial charge in [-0.3, -0.25) is 10.00 Å². The molecule has 1 amide bonds. The molecule has 1 aliphatic rings. The van der Waals surface area contributed by atoms with E-state index in [4.69, 9.17) is 10.1 Å². The van der Waals surface area contributed by atoms with Gasteiger partial charge in [0.2, 0.25) is 0 Å². The molecule has 0 bridgehead atoms. The monoisotopic (exact) mass is 464 g/mol. The first kappa shape index (κ1) is 21.9. The molecule has 2 aromatic carbocycles. The first-order valence-electron chi connectivity index (χ1n) is 11.2. The van der Waals surface area contributed by atoms with E-state index in [1.165, 1.54) is 12.1 Å². The Labute approximate surface area is 194 Å². The topological polar surface area (TPSA) is 130 Å². The maximum Gasteiger partial charge on any atom is 0.404 e. The summed E-state index contributed by atoms with van der Waals surface area (Å²) in [6.45, 7) is 4.45. The van der Waals surface area contributed by atoms with Crippen LogP contribution in [0.25, 0.3) is 33.5 Å². The largest absolute Gasteiger partial charge is 0.505 e. The van der Waals surface area contributed by atoms with Crippen LogP contribution in [0.5, 0.6) is 5.75 Å². The van der Waals surface area contributed by atoms with Gasteiger partial charge in [-0.25, -0.2) is 14.2 Å². The van der Waals surface area contributed by atoms with Crippen LogP contribution in [0.1, 0.15) is 23.9 Å². The number of aromatic hydroxyl groups is 1. The maximum atomic E-state index is 14.0. The molecule has 1 aliphatic heterocycles. The Bertz CT molecular complexity index is 1380. The van der Waals surface area contributed by atoms with E-state index in [9.17, 15) is 14.3 Å². The molecule has 4 aromatic rings. The maximum absolute atomic E-state index is 14.0. The third-order valence-electron chi connectivity index (χ3n) is 6.27. The van der Waals surface area contributed by atoms with Crippen molar-refractivity contribution in [3.63, 3.8) is 0 Å². The second-order valence-corrected chi connectivity index (χ2v) is 8.42. The van der Waals surface area contributed by atoms with Gasteiger partial charge >= 0.3 is 6.09 Å². The number of carbonyl (C=O) groups is 1. The van der Waals surface area contributed by atoms with E-state index in [2.05, 4.69) is 25.4 Å². The number of amides is 1. The van der Waals surface area contributed by atoms with E-state index < -0.39 is 11.9 Å². The van der Waals surface area contributed by atoms with Gasteiger partial charge in [0, 0.05) is 38.0 Å². The zero-order valence-corrected chi connectivity index (χ0v) is 18.7.